The monoisotopic (exact) mass is 285 g/mol. The lowest BCUT2D eigenvalue weighted by Gasteiger charge is -2.22. The predicted molar refractivity (Wildman–Crippen MR) is 71.7 cm³/mol. The molecular weight excluding hydrogens is 266 g/mol. The van der Waals surface area contributed by atoms with Gasteiger partial charge in [0.15, 0.2) is 0 Å². The van der Waals surface area contributed by atoms with Crippen LogP contribution in [-0.4, -0.2) is 7.11 Å². The highest BCUT2D eigenvalue weighted by Gasteiger charge is 2.18. The van der Waals surface area contributed by atoms with Gasteiger partial charge in [0.25, 0.3) is 0 Å². The number of hydrogen-bond donors (Lipinski definition) is 1. The highest BCUT2D eigenvalue weighted by Crippen LogP contribution is 2.32. The summed E-state index contributed by atoms with van der Waals surface area (Å²) in [6.07, 6.45) is 2.21. The van der Waals surface area contributed by atoms with Crippen molar-refractivity contribution in [3.05, 3.63) is 28.2 Å². The van der Waals surface area contributed by atoms with Crippen LogP contribution in [0.3, 0.4) is 0 Å². The zero-order valence-corrected chi connectivity index (χ0v) is 11.8. The topological polar surface area (TPSA) is 35.2 Å². The van der Waals surface area contributed by atoms with Crippen molar-refractivity contribution in [2.24, 2.45) is 11.7 Å². The maximum Gasteiger partial charge on any atom is 0.120 e. The van der Waals surface area contributed by atoms with Gasteiger partial charge in [-0.2, -0.15) is 0 Å². The van der Waals surface area contributed by atoms with E-state index in [0.717, 1.165) is 28.6 Å². The minimum Gasteiger partial charge on any atom is -0.497 e. The second-order valence-corrected chi connectivity index (χ2v) is 4.84. The molecule has 0 aliphatic heterocycles. The lowest BCUT2D eigenvalue weighted by molar-refractivity contribution is 0.400. The number of ether oxygens (including phenoxy) is 1. The van der Waals surface area contributed by atoms with Crippen molar-refractivity contribution in [3.63, 3.8) is 0 Å². The maximum atomic E-state index is 6.28. The average molecular weight is 286 g/mol. The first-order chi connectivity index (χ1) is 7.63. The van der Waals surface area contributed by atoms with Crippen molar-refractivity contribution in [1.29, 1.82) is 0 Å². The maximum absolute atomic E-state index is 6.28. The summed E-state index contributed by atoms with van der Waals surface area (Å²) in [5, 5.41) is 0. The summed E-state index contributed by atoms with van der Waals surface area (Å²) in [5.41, 5.74) is 7.44. The number of nitrogens with two attached hydrogens (primary N) is 1. The minimum absolute atomic E-state index is 0.0929. The van der Waals surface area contributed by atoms with Gasteiger partial charge < -0.3 is 10.5 Å². The molecule has 0 bridgehead atoms. The number of benzene rings is 1. The van der Waals surface area contributed by atoms with Crippen LogP contribution in [-0.2, 0) is 0 Å². The van der Waals surface area contributed by atoms with E-state index in [0.29, 0.717) is 5.92 Å². The summed E-state index contributed by atoms with van der Waals surface area (Å²) < 4.78 is 6.21. The molecule has 0 amide bonds. The quantitative estimate of drug-likeness (QED) is 0.891. The zero-order valence-electron chi connectivity index (χ0n) is 10.2. The summed E-state index contributed by atoms with van der Waals surface area (Å²) in [5.74, 6) is 1.39. The molecule has 1 atom stereocenters. The first kappa shape index (κ1) is 13.5. The van der Waals surface area contributed by atoms with Gasteiger partial charge in [0.2, 0.25) is 0 Å². The highest BCUT2D eigenvalue weighted by molar-refractivity contribution is 9.10. The molecular formula is C13H20BrNO. The molecule has 90 valence electrons. The van der Waals surface area contributed by atoms with E-state index in [2.05, 4.69) is 29.8 Å². The third-order valence-electron chi connectivity index (χ3n) is 3.12. The van der Waals surface area contributed by atoms with Crippen LogP contribution in [0.4, 0.5) is 0 Å². The summed E-state index contributed by atoms with van der Waals surface area (Å²) in [4.78, 5) is 0. The normalized spacial score (nSPS) is 12.9. The molecule has 1 rings (SSSR count). The first-order valence-corrected chi connectivity index (χ1v) is 6.52. The lowest BCUT2D eigenvalue weighted by atomic mass is 9.89. The molecule has 16 heavy (non-hydrogen) atoms. The van der Waals surface area contributed by atoms with Crippen molar-refractivity contribution in [1.82, 2.24) is 0 Å². The molecule has 2 N–H and O–H groups in total. The van der Waals surface area contributed by atoms with Gasteiger partial charge in [0.1, 0.15) is 5.75 Å². The van der Waals surface area contributed by atoms with Gasteiger partial charge in [-0.25, -0.2) is 0 Å². The Bertz CT molecular complexity index is 337. The number of methoxy groups -OCH3 is 1. The van der Waals surface area contributed by atoms with Crippen LogP contribution >= 0.6 is 15.9 Å². The van der Waals surface area contributed by atoms with E-state index in [1.54, 1.807) is 7.11 Å². The standard InChI is InChI=1S/C13H20BrNO/c1-4-9(5-2)13(15)11-7-6-10(16-3)8-12(11)14/h6-9,13H,4-5,15H2,1-3H3. The Hall–Kier alpha value is -0.540. The first-order valence-electron chi connectivity index (χ1n) is 5.73. The molecule has 0 fully saturated rings. The molecule has 1 unspecified atom stereocenters. The Labute approximate surface area is 106 Å². The van der Waals surface area contributed by atoms with E-state index < -0.39 is 0 Å². The van der Waals surface area contributed by atoms with Crippen molar-refractivity contribution in [2.75, 3.05) is 7.11 Å². The van der Waals surface area contributed by atoms with Crippen LogP contribution in [0.25, 0.3) is 0 Å². The van der Waals surface area contributed by atoms with Gasteiger partial charge in [0, 0.05) is 10.5 Å². The Morgan fingerprint density at radius 3 is 2.38 bits per heavy atom. The molecule has 0 spiro atoms. The molecule has 1 aromatic carbocycles. The van der Waals surface area contributed by atoms with Gasteiger partial charge in [-0.15, -0.1) is 0 Å². The van der Waals surface area contributed by atoms with Crippen molar-refractivity contribution < 1.29 is 4.74 Å². The van der Waals surface area contributed by atoms with Gasteiger partial charge in [-0.05, 0) is 23.6 Å². The summed E-state index contributed by atoms with van der Waals surface area (Å²) in [7, 11) is 1.67. The third kappa shape index (κ3) is 2.98. The highest BCUT2D eigenvalue weighted by atomic mass is 79.9. The molecule has 0 saturated heterocycles. The second-order valence-electron chi connectivity index (χ2n) is 3.99. The third-order valence-corrected chi connectivity index (χ3v) is 3.81. The summed E-state index contributed by atoms with van der Waals surface area (Å²) in [6, 6.07) is 6.07. The molecule has 0 aliphatic carbocycles. The number of halogens is 1. The van der Waals surface area contributed by atoms with E-state index in [4.69, 9.17) is 10.5 Å². The average Bonchev–Trinajstić information content (AvgIpc) is 2.30. The molecule has 0 aliphatic rings. The van der Waals surface area contributed by atoms with Crippen LogP contribution in [0.15, 0.2) is 22.7 Å². The molecule has 2 nitrogen and oxygen atoms in total. The Morgan fingerprint density at radius 2 is 1.94 bits per heavy atom. The second kappa shape index (κ2) is 6.26. The molecule has 1 aromatic rings. The SMILES string of the molecule is CCC(CC)C(N)c1ccc(OC)cc1Br. The lowest BCUT2D eigenvalue weighted by Crippen LogP contribution is -2.20. The van der Waals surface area contributed by atoms with Crippen molar-refractivity contribution in [2.45, 2.75) is 32.7 Å². The van der Waals surface area contributed by atoms with Crippen LogP contribution in [0.5, 0.6) is 5.75 Å². The predicted octanol–water partition coefficient (Wildman–Crippen LogP) is 3.89. The van der Waals surface area contributed by atoms with Gasteiger partial charge in [-0.3, -0.25) is 0 Å². The van der Waals surface area contributed by atoms with E-state index >= 15 is 0 Å². The van der Waals surface area contributed by atoms with Crippen molar-refractivity contribution >= 4 is 15.9 Å². The van der Waals surface area contributed by atoms with E-state index in [-0.39, 0.29) is 6.04 Å². The summed E-state index contributed by atoms with van der Waals surface area (Å²) in [6.45, 7) is 4.37. The van der Waals surface area contributed by atoms with Crippen LogP contribution in [0.2, 0.25) is 0 Å². The summed E-state index contributed by atoms with van der Waals surface area (Å²) >= 11 is 3.56. The fourth-order valence-corrected chi connectivity index (χ4v) is 2.58. The largest absolute Gasteiger partial charge is 0.497 e. The van der Waals surface area contributed by atoms with Crippen LogP contribution in [0, 0.1) is 5.92 Å². The smallest absolute Gasteiger partial charge is 0.120 e. The Kier molecular flexibility index (Phi) is 5.29. The Balaban J connectivity index is 2.95. The van der Waals surface area contributed by atoms with Crippen molar-refractivity contribution in [3.8, 4) is 5.75 Å². The van der Waals surface area contributed by atoms with Crippen LogP contribution < -0.4 is 10.5 Å². The van der Waals surface area contributed by atoms with Crippen LogP contribution in [0.1, 0.15) is 38.3 Å². The van der Waals surface area contributed by atoms with Gasteiger partial charge in [0.05, 0.1) is 7.11 Å². The molecule has 0 saturated carbocycles. The van der Waals surface area contributed by atoms with E-state index in [1.165, 1.54) is 0 Å². The van der Waals surface area contributed by atoms with E-state index in [9.17, 15) is 0 Å². The molecule has 0 radical (unpaired) electrons. The Morgan fingerprint density at radius 1 is 1.31 bits per heavy atom. The number of rotatable bonds is 5. The number of hydrogen-bond acceptors (Lipinski definition) is 2. The van der Waals surface area contributed by atoms with Gasteiger partial charge >= 0.3 is 0 Å². The molecule has 3 heteroatoms. The molecule has 0 heterocycles. The minimum atomic E-state index is 0.0929. The fraction of sp³-hybridized carbons (Fsp3) is 0.538. The fourth-order valence-electron chi connectivity index (χ4n) is 1.96. The van der Waals surface area contributed by atoms with Gasteiger partial charge in [-0.1, -0.05) is 48.7 Å². The zero-order chi connectivity index (χ0) is 12.1. The molecule has 0 aromatic heterocycles. The van der Waals surface area contributed by atoms with E-state index in [1.807, 2.05) is 18.2 Å².